The van der Waals surface area contributed by atoms with Gasteiger partial charge in [0.2, 0.25) is 0 Å². The predicted octanol–water partition coefficient (Wildman–Crippen LogP) is 0.709. The van der Waals surface area contributed by atoms with Gasteiger partial charge in [0.25, 0.3) is 0 Å². The second kappa shape index (κ2) is 6.32. The highest BCUT2D eigenvalue weighted by molar-refractivity contribution is 5.68. The summed E-state index contributed by atoms with van der Waals surface area (Å²) in [5, 5.41) is 8.68. The predicted molar refractivity (Wildman–Crippen MR) is 57.0 cm³/mol. The molecule has 0 radical (unpaired) electrons. The van der Waals surface area contributed by atoms with Crippen molar-refractivity contribution < 1.29 is 28.7 Å². The molecular formula is C10H20NO5+. The lowest BCUT2D eigenvalue weighted by Gasteiger charge is -2.28. The van der Waals surface area contributed by atoms with Crippen molar-refractivity contribution in [2.24, 2.45) is 0 Å². The van der Waals surface area contributed by atoms with Crippen molar-refractivity contribution in [1.29, 1.82) is 0 Å². The first-order valence-electron chi connectivity index (χ1n) is 5.10. The van der Waals surface area contributed by atoms with Crippen LogP contribution in [-0.4, -0.2) is 62.1 Å². The van der Waals surface area contributed by atoms with Gasteiger partial charge in [0.05, 0.1) is 34.2 Å². The molecule has 0 aromatic heterocycles. The Balaban J connectivity index is 4.31. The fraction of sp³-hybridized carbons (Fsp3) is 0.800. The molecule has 1 N–H and O–H groups in total. The SMILES string of the molecule is CCOC(=O)O[C@H](CC(=O)O)C[N+](C)(C)C. The van der Waals surface area contributed by atoms with Crippen LogP contribution in [0, 0.1) is 0 Å². The van der Waals surface area contributed by atoms with Gasteiger partial charge in [0, 0.05) is 0 Å². The fourth-order valence-electron chi connectivity index (χ4n) is 1.24. The third kappa shape index (κ3) is 8.05. The van der Waals surface area contributed by atoms with Crippen molar-refractivity contribution in [3.63, 3.8) is 0 Å². The number of nitrogens with zero attached hydrogens (tertiary/aromatic N) is 1. The molecule has 0 unspecified atom stereocenters. The Kier molecular flexibility index (Phi) is 5.81. The van der Waals surface area contributed by atoms with E-state index in [-0.39, 0.29) is 13.0 Å². The molecule has 0 aliphatic rings. The van der Waals surface area contributed by atoms with Crippen LogP contribution in [0.15, 0.2) is 0 Å². The molecule has 0 spiro atoms. The first-order valence-corrected chi connectivity index (χ1v) is 5.10. The van der Waals surface area contributed by atoms with E-state index < -0.39 is 18.2 Å². The van der Waals surface area contributed by atoms with Gasteiger partial charge < -0.3 is 19.1 Å². The average molecular weight is 234 g/mol. The van der Waals surface area contributed by atoms with Gasteiger partial charge in [-0.05, 0) is 6.92 Å². The minimum atomic E-state index is -0.997. The summed E-state index contributed by atoms with van der Waals surface area (Å²) in [6.45, 7) is 2.29. The Morgan fingerprint density at radius 2 is 1.88 bits per heavy atom. The number of ether oxygens (including phenoxy) is 2. The molecule has 0 heterocycles. The van der Waals surface area contributed by atoms with Crippen LogP contribution < -0.4 is 0 Å². The van der Waals surface area contributed by atoms with E-state index in [1.54, 1.807) is 6.92 Å². The molecular weight excluding hydrogens is 214 g/mol. The molecule has 16 heavy (non-hydrogen) atoms. The van der Waals surface area contributed by atoms with Crippen LogP contribution >= 0.6 is 0 Å². The third-order valence-electron chi connectivity index (χ3n) is 1.68. The van der Waals surface area contributed by atoms with E-state index in [0.717, 1.165) is 0 Å². The zero-order valence-corrected chi connectivity index (χ0v) is 10.2. The van der Waals surface area contributed by atoms with E-state index in [2.05, 4.69) is 4.74 Å². The normalized spacial score (nSPS) is 13.0. The van der Waals surface area contributed by atoms with Gasteiger partial charge in [-0.2, -0.15) is 0 Å². The number of carboxylic acid groups (broad SMARTS) is 1. The van der Waals surface area contributed by atoms with E-state index in [0.29, 0.717) is 11.0 Å². The molecule has 0 aromatic carbocycles. The molecule has 0 aromatic rings. The number of hydrogen-bond donors (Lipinski definition) is 1. The highest BCUT2D eigenvalue weighted by atomic mass is 16.7. The summed E-state index contributed by atoms with van der Waals surface area (Å²) in [5.41, 5.74) is 0. The molecule has 0 aliphatic carbocycles. The van der Waals surface area contributed by atoms with Crippen LogP contribution in [0.4, 0.5) is 4.79 Å². The van der Waals surface area contributed by atoms with Gasteiger partial charge in [0.1, 0.15) is 6.54 Å². The summed E-state index contributed by atoms with van der Waals surface area (Å²) in [5.74, 6) is -0.997. The van der Waals surface area contributed by atoms with E-state index >= 15 is 0 Å². The number of aliphatic carboxylic acids is 1. The molecule has 0 fully saturated rings. The summed E-state index contributed by atoms with van der Waals surface area (Å²) in [4.78, 5) is 21.7. The largest absolute Gasteiger partial charge is 0.508 e. The number of hydrogen-bond acceptors (Lipinski definition) is 4. The van der Waals surface area contributed by atoms with E-state index in [4.69, 9.17) is 9.84 Å². The standard InChI is InChI=1S/C10H19NO5/c1-5-15-10(14)16-8(6-9(12)13)7-11(2,3)4/h8H,5-7H2,1-4H3/p+1/t8-/m1/s1. The van der Waals surface area contributed by atoms with Gasteiger partial charge in [-0.15, -0.1) is 0 Å². The lowest BCUT2D eigenvalue weighted by Crippen LogP contribution is -2.43. The zero-order chi connectivity index (χ0) is 12.8. The summed E-state index contributed by atoms with van der Waals surface area (Å²) in [7, 11) is 5.68. The van der Waals surface area contributed by atoms with Gasteiger partial charge in [-0.3, -0.25) is 4.79 Å². The molecule has 94 valence electrons. The molecule has 1 atom stereocenters. The van der Waals surface area contributed by atoms with Gasteiger partial charge in [-0.25, -0.2) is 4.79 Å². The van der Waals surface area contributed by atoms with E-state index in [1.807, 2.05) is 21.1 Å². The third-order valence-corrected chi connectivity index (χ3v) is 1.68. The average Bonchev–Trinajstić information content (AvgIpc) is 1.98. The summed E-state index contributed by atoms with van der Waals surface area (Å²) in [6.07, 6.45) is -1.70. The number of carbonyl (C=O) groups excluding carboxylic acids is 1. The van der Waals surface area contributed by atoms with Crippen LogP contribution in [0.2, 0.25) is 0 Å². The molecule has 0 saturated heterocycles. The lowest BCUT2D eigenvalue weighted by atomic mass is 10.2. The number of quaternary nitrogens is 1. The van der Waals surface area contributed by atoms with Gasteiger partial charge >= 0.3 is 12.1 Å². The molecule has 0 rings (SSSR count). The van der Waals surface area contributed by atoms with Crippen LogP contribution in [0.5, 0.6) is 0 Å². The highest BCUT2D eigenvalue weighted by Crippen LogP contribution is 2.06. The molecule has 6 nitrogen and oxygen atoms in total. The van der Waals surface area contributed by atoms with Crippen LogP contribution in [0.1, 0.15) is 13.3 Å². The second-order valence-electron chi connectivity index (χ2n) is 4.49. The minimum Gasteiger partial charge on any atom is -0.481 e. The summed E-state index contributed by atoms with van der Waals surface area (Å²) in [6, 6.07) is 0. The maximum absolute atomic E-state index is 11.1. The van der Waals surface area contributed by atoms with Gasteiger partial charge in [0.15, 0.2) is 6.10 Å². The number of carbonyl (C=O) groups is 2. The number of rotatable bonds is 6. The van der Waals surface area contributed by atoms with Crippen molar-refractivity contribution in [3.05, 3.63) is 0 Å². The lowest BCUT2D eigenvalue weighted by molar-refractivity contribution is -0.873. The smallest absolute Gasteiger partial charge is 0.481 e. The maximum atomic E-state index is 11.1. The summed E-state index contributed by atoms with van der Waals surface area (Å²) >= 11 is 0. The van der Waals surface area contributed by atoms with Gasteiger partial charge in [-0.1, -0.05) is 0 Å². The minimum absolute atomic E-state index is 0.211. The summed E-state index contributed by atoms with van der Waals surface area (Å²) < 4.78 is 10.0. The number of likely N-dealkylation sites (N-methyl/N-ethyl adjacent to an activating group) is 1. The van der Waals surface area contributed by atoms with E-state index in [9.17, 15) is 9.59 Å². The fourth-order valence-corrected chi connectivity index (χ4v) is 1.24. The quantitative estimate of drug-likeness (QED) is 0.541. The maximum Gasteiger partial charge on any atom is 0.508 e. The van der Waals surface area contributed by atoms with E-state index in [1.165, 1.54) is 0 Å². The van der Waals surface area contributed by atoms with Crippen molar-refractivity contribution in [3.8, 4) is 0 Å². The van der Waals surface area contributed by atoms with Crippen LogP contribution in [0.3, 0.4) is 0 Å². The second-order valence-corrected chi connectivity index (χ2v) is 4.49. The highest BCUT2D eigenvalue weighted by Gasteiger charge is 2.25. The first kappa shape index (κ1) is 14.7. The molecule has 0 saturated carbocycles. The molecule has 0 bridgehead atoms. The topological polar surface area (TPSA) is 72.8 Å². The van der Waals surface area contributed by atoms with Crippen molar-refractivity contribution in [2.75, 3.05) is 34.3 Å². The molecule has 0 amide bonds. The molecule has 6 heteroatoms. The van der Waals surface area contributed by atoms with Crippen LogP contribution in [0.25, 0.3) is 0 Å². The van der Waals surface area contributed by atoms with Crippen molar-refractivity contribution in [1.82, 2.24) is 0 Å². The Morgan fingerprint density at radius 1 is 1.31 bits per heavy atom. The monoisotopic (exact) mass is 234 g/mol. The number of carboxylic acids is 1. The zero-order valence-electron chi connectivity index (χ0n) is 10.2. The molecule has 0 aliphatic heterocycles. The Hall–Kier alpha value is -1.30. The Morgan fingerprint density at radius 3 is 2.25 bits per heavy atom. The van der Waals surface area contributed by atoms with Crippen molar-refractivity contribution >= 4 is 12.1 Å². The van der Waals surface area contributed by atoms with Crippen LogP contribution in [-0.2, 0) is 14.3 Å². The first-order chi connectivity index (χ1) is 7.24. The van der Waals surface area contributed by atoms with Crippen molar-refractivity contribution in [2.45, 2.75) is 19.4 Å². The Labute approximate surface area is 95.3 Å². The Bertz CT molecular complexity index is 246.